The van der Waals surface area contributed by atoms with Gasteiger partial charge >= 0.3 is 6.09 Å². The zero-order valence-electron chi connectivity index (χ0n) is 30.7. The van der Waals surface area contributed by atoms with Crippen LogP contribution in [0.5, 0.6) is 17.5 Å². The summed E-state index contributed by atoms with van der Waals surface area (Å²) in [5.74, 6) is -1.77. The van der Waals surface area contributed by atoms with E-state index in [2.05, 4.69) is 20.3 Å². The SMILES string of the molecule is CCOc1cc2cc(OC)ccc2c(O[C@@H]2C[C@H]3C(=O)N[C@]4(C(=O)NS(=O)(=O)C5(C)CC5)C[C@H]4C=CCC[C@H](C)C[C@@H](C)[C@H](NC(=O)O)C(=O)N3C2)n1. The number of aromatic nitrogens is 1. The summed E-state index contributed by atoms with van der Waals surface area (Å²) in [7, 11) is -2.46. The van der Waals surface area contributed by atoms with Crippen LogP contribution in [0.3, 0.4) is 0 Å². The normalized spacial score (nSPS) is 29.8. The first-order valence-corrected chi connectivity index (χ1v) is 19.7. The third kappa shape index (κ3) is 7.87. The summed E-state index contributed by atoms with van der Waals surface area (Å²) in [5.41, 5.74) is -1.56. The van der Waals surface area contributed by atoms with Crippen LogP contribution in [0.25, 0.3) is 10.8 Å². The van der Waals surface area contributed by atoms with Crippen molar-refractivity contribution < 1.29 is 46.9 Å². The Hall–Kier alpha value is -4.60. The number of allylic oxidation sites excluding steroid dienone is 1. The number of benzene rings is 1. The smallest absolute Gasteiger partial charge is 0.405 e. The van der Waals surface area contributed by atoms with Crippen molar-refractivity contribution in [3.05, 3.63) is 36.4 Å². The fraction of sp³-hybridized carbons (Fsp3) is 0.595. The number of hydrogen-bond acceptors (Lipinski definition) is 10. The quantitative estimate of drug-likeness (QED) is 0.273. The highest BCUT2D eigenvalue weighted by Crippen LogP contribution is 2.47. The maximum atomic E-state index is 14.4. The van der Waals surface area contributed by atoms with Crippen molar-refractivity contribution in [1.29, 1.82) is 0 Å². The van der Waals surface area contributed by atoms with Gasteiger partial charge in [-0.25, -0.2) is 13.2 Å². The maximum Gasteiger partial charge on any atom is 0.405 e. The zero-order valence-corrected chi connectivity index (χ0v) is 31.5. The Labute approximate surface area is 309 Å². The van der Waals surface area contributed by atoms with Crippen molar-refractivity contribution in [2.75, 3.05) is 20.3 Å². The van der Waals surface area contributed by atoms with E-state index in [-0.39, 0.29) is 31.2 Å². The first-order valence-electron chi connectivity index (χ1n) is 18.2. The number of carbonyl (C=O) groups excluding carboxylic acids is 3. The Balaban J connectivity index is 1.35. The molecule has 6 rings (SSSR count). The molecule has 0 spiro atoms. The van der Waals surface area contributed by atoms with Gasteiger partial charge in [0, 0.05) is 23.8 Å². The average molecular weight is 756 g/mol. The molecule has 0 unspecified atom stereocenters. The van der Waals surface area contributed by atoms with Crippen LogP contribution >= 0.6 is 0 Å². The molecule has 4 amide bonds. The van der Waals surface area contributed by atoms with Gasteiger partial charge in [-0.2, -0.15) is 4.98 Å². The molecule has 7 atom stereocenters. The number of ether oxygens (including phenoxy) is 3. The van der Waals surface area contributed by atoms with E-state index >= 15 is 0 Å². The molecule has 2 aromatic rings. The Bertz CT molecular complexity index is 1920. The molecule has 1 saturated heterocycles. The predicted molar refractivity (Wildman–Crippen MR) is 194 cm³/mol. The molecule has 1 aromatic heterocycles. The molecule has 16 heteroatoms. The monoisotopic (exact) mass is 755 g/mol. The second-order valence-electron chi connectivity index (χ2n) is 15.2. The van der Waals surface area contributed by atoms with E-state index in [1.807, 2.05) is 26.0 Å². The first kappa shape index (κ1) is 38.1. The highest BCUT2D eigenvalue weighted by atomic mass is 32.2. The first-order chi connectivity index (χ1) is 25.1. The molecular formula is C37H49N5O10S. The highest BCUT2D eigenvalue weighted by molar-refractivity contribution is 7.91. The number of nitrogens with one attached hydrogen (secondary N) is 3. The lowest BCUT2D eigenvalue weighted by molar-refractivity contribution is -0.142. The van der Waals surface area contributed by atoms with Crippen LogP contribution in [0.15, 0.2) is 36.4 Å². The second kappa shape index (κ2) is 14.7. The number of fused-ring (bicyclic) bond motifs is 3. The number of carboxylic acid groups (broad SMARTS) is 1. The molecule has 0 radical (unpaired) electrons. The number of carbonyl (C=O) groups is 4. The number of nitrogens with zero attached hydrogens (tertiary/aromatic N) is 2. The zero-order chi connectivity index (χ0) is 38.3. The molecule has 0 bridgehead atoms. The minimum Gasteiger partial charge on any atom is -0.497 e. The van der Waals surface area contributed by atoms with E-state index < -0.39 is 74.1 Å². The van der Waals surface area contributed by atoms with Crippen LogP contribution in [0.1, 0.15) is 72.6 Å². The Morgan fingerprint density at radius 2 is 1.91 bits per heavy atom. The number of pyridine rings is 1. The molecule has 4 N–H and O–H groups in total. The molecule has 288 valence electrons. The van der Waals surface area contributed by atoms with Gasteiger partial charge in [0.15, 0.2) is 0 Å². The fourth-order valence-corrected chi connectivity index (χ4v) is 8.82. The van der Waals surface area contributed by atoms with E-state index in [9.17, 15) is 32.7 Å². The van der Waals surface area contributed by atoms with Gasteiger partial charge in [0.05, 0.1) is 25.0 Å². The van der Waals surface area contributed by atoms with Gasteiger partial charge in [-0.15, -0.1) is 0 Å². The third-order valence-corrected chi connectivity index (χ3v) is 13.2. The summed E-state index contributed by atoms with van der Waals surface area (Å²) < 4.78 is 45.0. The van der Waals surface area contributed by atoms with Gasteiger partial charge in [0.1, 0.15) is 29.5 Å². The molecule has 2 aliphatic carbocycles. The molecule has 3 fully saturated rings. The number of sulfonamides is 1. The Kier molecular flexibility index (Phi) is 10.6. The molecular weight excluding hydrogens is 706 g/mol. The van der Waals surface area contributed by atoms with Crippen molar-refractivity contribution in [3.63, 3.8) is 0 Å². The van der Waals surface area contributed by atoms with Crippen LogP contribution in [0.4, 0.5) is 4.79 Å². The molecule has 2 saturated carbocycles. The topological polar surface area (TPSA) is 203 Å². The maximum absolute atomic E-state index is 14.4. The highest BCUT2D eigenvalue weighted by Gasteiger charge is 2.63. The number of methoxy groups -OCH3 is 1. The Morgan fingerprint density at radius 1 is 1.15 bits per heavy atom. The summed E-state index contributed by atoms with van der Waals surface area (Å²) in [4.78, 5) is 60.5. The van der Waals surface area contributed by atoms with E-state index in [1.165, 1.54) is 4.90 Å². The lowest BCUT2D eigenvalue weighted by Gasteiger charge is -2.32. The molecule has 1 aromatic carbocycles. The fourth-order valence-electron chi connectivity index (χ4n) is 7.51. The van der Waals surface area contributed by atoms with Gasteiger partial charge < -0.3 is 34.9 Å². The van der Waals surface area contributed by atoms with Crippen LogP contribution < -0.4 is 29.6 Å². The summed E-state index contributed by atoms with van der Waals surface area (Å²) in [6.07, 6.45) is 4.52. The van der Waals surface area contributed by atoms with Crippen molar-refractivity contribution in [2.24, 2.45) is 17.8 Å². The molecule has 2 aliphatic heterocycles. The van der Waals surface area contributed by atoms with Crippen LogP contribution in [0.2, 0.25) is 0 Å². The standard InChI is InChI=1S/C37H49N5O10S/c1-6-51-29-17-23-16-25(50-5)11-12-27(23)32(38-29)52-26-18-28-31(43)40-37(34(45)41-53(48,49)36(4)13-14-36)19-24(37)10-8-7-9-21(2)15-22(3)30(39-35(46)47)33(44)42(28)20-26/h8,10-12,16-17,21-22,24,26,28,30,39H,6-7,9,13-15,18-20H2,1-5H3,(H,40,43)(H,41,45)(H,46,47)/t21-,22+,24+,26+,28-,30-,37+/m0/s1. The van der Waals surface area contributed by atoms with Gasteiger partial charge in [-0.1, -0.05) is 26.0 Å². The molecule has 15 nitrogen and oxygen atoms in total. The van der Waals surface area contributed by atoms with Crippen LogP contribution in [-0.4, -0.2) is 96.0 Å². The van der Waals surface area contributed by atoms with E-state index in [0.29, 0.717) is 49.3 Å². The van der Waals surface area contributed by atoms with E-state index in [1.54, 1.807) is 45.2 Å². The van der Waals surface area contributed by atoms with Gasteiger partial charge in [-0.05, 0) is 87.8 Å². The summed E-state index contributed by atoms with van der Waals surface area (Å²) in [5, 5.41) is 16.4. The number of rotatable bonds is 9. The molecule has 3 heterocycles. The van der Waals surface area contributed by atoms with Gasteiger partial charge in [0.2, 0.25) is 33.6 Å². The summed E-state index contributed by atoms with van der Waals surface area (Å²) in [6, 6.07) is 4.74. The van der Waals surface area contributed by atoms with E-state index in [4.69, 9.17) is 14.2 Å². The van der Waals surface area contributed by atoms with Crippen molar-refractivity contribution >= 4 is 44.6 Å². The third-order valence-electron chi connectivity index (χ3n) is 11.1. The van der Waals surface area contributed by atoms with Crippen LogP contribution in [-0.2, 0) is 24.4 Å². The lowest BCUT2D eigenvalue weighted by atomic mass is 9.88. The molecule has 53 heavy (non-hydrogen) atoms. The summed E-state index contributed by atoms with van der Waals surface area (Å²) in [6.45, 7) is 7.48. The number of amides is 4. The second-order valence-corrected chi connectivity index (χ2v) is 17.4. The number of hydrogen-bond donors (Lipinski definition) is 4. The minimum absolute atomic E-state index is 0.0189. The summed E-state index contributed by atoms with van der Waals surface area (Å²) >= 11 is 0. The van der Waals surface area contributed by atoms with Crippen molar-refractivity contribution in [1.82, 2.24) is 25.2 Å². The van der Waals surface area contributed by atoms with Crippen molar-refractivity contribution in [3.8, 4) is 17.5 Å². The predicted octanol–water partition coefficient (Wildman–Crippen LogP) is 3.51. The van der Waals surface area contributed by atoms with E-state index in [0.717, 1.165) is 11.8 Å². The lowest BCUT2D eigenvalue weighted by Crippen LogP contribution is -2.59. The van der Waals surface area contributed by atoms with Crippen LogP contribution in [0, 0.1) is 17.8 Å². The van der Waals surface area contributed by atoms with Gasteiger partial charge in [0.25, 0.3) is 5.91 Å². The van der Waals surface area contributed by atoms with Gasteiger partial charge in [-0.3, -0.25) is 19.1 Å². The Morgan fingerprint density at radius 3 is 2.58 bits per heavy atom. The van der Waals surface area contributed by atoms with Crippen molar-refractivity contribution in [2.45, 2.75) is 101 Å². The average Bonchev–Trinajstić information content (AvgIpc) is 3.98. The largest absolute Gasteiger partial charge is 0.497 e. The minimum atomic E-state index is -4.01. The molecule has 4 aliphatic rings.